The van der Waals surface area contributed by atoms with Crippen LogP contribution >= 0.6 is 35.6 Å². The average Bonchev–Trinajstić information content (AvgIpc) is 2.73. The fraction of sp³-hybridized carbons (Fsp3) is 0.333. The lowest BCUT2D eigenvalue weighted by atomic mass is 10.1. The molecule has 8 heteroatoms. The van der Waals surface area contributed by atoms with Crippen molar-refractivity contribution in [1.29, 1.82) is 0 Å². The molecule has 0 spiro atoms. The molecule has 2 N–H and O–H groups in total. The quantitative estimate of drug-likeness (QED) is 0.354. The lowest BCUT2D eigenvalue weighted by Crippen LogP contribution is -2.35. The number of carbonyl (C=O) groups excluding carboxylic acids is 1. The Labute approximate surface area is 186 Å². The minimum Gasteiger partial charge on any atom is -0.495 e. The van der Waals surface area contributed by atoms with E-state index in [2.05, 4.69) is 10.6 Å². The highest BCUT2D eigenvalue weighted by Gasteiger charge is 2.22. The first-order valence-electron chi connectivity index (χ1n) is 9.48. The summed E-state index contributed by atoms with van der Waals surface area (Å²) in [6.07, 6.45) is 2.52. The Kier molecular flexibility index (Phi) is 8.03. The Morgan fingerprint density at radius 3 is 2.76 bits per heavy atom. The standard InChI is InChI=1S/C21H24ClN3O2S2/c1-27-19-10-7-16(14-18(19)25-12-3-2-4-20(25)26)24-21(28)23-11-13-29-17-8-5-15(22)6-9-17/h5-10,14H,2-4,11-13H2,1H3,(H2,23,24,28). The number of benzene rings is 2. The van der Waals surface area contributed by atoms with Gasteiger partial charge in [-0.25, -0.2) is 0 Å². The van der Waals surface area contributed by atoms with Gasteiger partial charge in [-0.1, -0.05) is 11.6 Å². The molecule has 0 unspecified atom stereocenters. The number of nitrogens with zero attached hydrogens (tertiary/aromatic N) is 1. The van der Waals surface area contributed by atoms with Gasteiger partial charge in [-0.2, -0.15) is 0 Å². The van der Waals surface area contributed by atoms with Crippen molar-refractivity contribution in [3.63, 3.8) is 0 Å². The number of methoxy groups -OCH3 is 1. The zero-order valence-corrected chi connectivity index (χ0v) is 18.6. The van der Waals surface area contributed by atoms with Crippen molar-refractivity contribution in [2.45, 2.75) is 24.2 Å². The van der Waals surface area contributed by atoms with Crippen LogP contribution in [0.25, 0.3) is 0 Å². The number of ether oxygens (including phenoxy) is 1. The molecular weight excluding hydrogens is 426 g/mol. The highest BCUT2D eigenvalue weighted by molar-refractivity contribution is 7.99. The summed E-state index contributed by atoms with van der Waals surface area (Å²) in [7, 11) is 1.62. The number of thioether (sulfide) groups is 1. The van der Waals surface area contributed by atoms with Gasteiger partial charge < -0.3 is 20.3 Å². The van der Waals surface area contributed by atoms with Gasteiger partial charge in [-0.3, -0.25) is 4.79 Å². The normalized spacial score (nSPS) is 13.9. The second-order valence-corrected chi connectivity index (χ2v) is 8.59. The zero-order valence-electron chi connectivity index (χ0n) is 16.2. The maximum absolute atomic E-state index is 12.3. The van der Waals surface area contributed by atoms with Gasteiger partial charge in [0, 0.05) is 40.9 Å². The molecule has 5 nitrogen and oxygen atoms in total. The Morgan fingerprint density at radius 1 is 1.24 bits per heavy atom. The third-order valence-corrected chi connectivity index (χ3v) is 6.03. The van der Waals surface area contributed by atoms with Crippen LogP contribution in [0.3, 0.4) is 0 Å². The third-order valence-electron chi connectivity index (χ3n) is 4.52. The van der Waals surface area contributed by atoms with Crippen LogP contribution in [0.15, 0.2) is 47.4 Å². The maximum atomic E-state index is 12.3. The third kappa shape index (κ3) is 6.26. The molecule has 0 saturated carbocycles. The van der Waals surface area contributed by atoms with Gasteiger partial charge in [-0.05, 0) is 67.5 Å². The van der Waals surface area contributed by atoms with Gasteiger partial charge in [0.15, 0.2) is 5.11 Å². The Bertz CT molecular complexity index is 862. The van der Waals surface area contributed by atoms with Gasteiger partial charge in [0.05, 0.1) is 12.8 Å². The number of thiocarbonyl (C=S) groups is 1. The Balaban J connectivity index is 1.53. The topological polar surface area (TPSA) is 53.6 Å². The van der Waals surface area contributed by atoms with Crippen LogP contribution in [0.4, 0.5) is 11.4 Å². The number of piperidine rings is 1. The van der Waals surface area contributed by atoms with Gasteiger partial charge in [0.2, 0.25) is 5.91 Å². The fourth-order valence-electron chi connectivity index (χ4n) is 3.08. The molecule has 0 aliphatic carbocycles. The predicted octanol–water partition coefficient (Wildman–Crippen LogP) is 4.94. The monoisotopic (exact) mass is 449 g/mol. The van der Waals surface area contributed by atoms with E-state index in [0.29, 0.717) is 23.8 Å². The number of hydrogen-bond donors (Lipinski definition) is 2. The number of rotatable bonds is 7. The van der Waals surface area contributed by atoms with E-state index in [1.807, 2.05) is 42.5 Å². The van der Waals surface area contributed by atoms with Gasteiger partial charge in [0.1, 0.15) is 5.75 Å². The van der Waals surface area contributed by atoms with Crippen LogP contribution in [0, 0.1) is 0 Å². The second kappa shape index (κ2) is 10.7. The van der Waals surface area contributed by atoms with E-state index in [0.717, 1.165) is 41.5 Å². The minimum atomic E-state index is 0.131. The van der Waals surface area contributed by atoms with E-state index in [-0.39, 0.29) is 5.91 Å². The highest BCUT2D eigenvalue weighted by atomic mass is 35.5. The van der Waals surface area contributed by atoms with Crippen molar-refractivity contribution in [1.82, 2.24) is 5.32 Å². The van der Waals surface area contributed by atoms with Crippen LogP contribution in [-0.4, -0.2) is 37.0 Å². The van der Waals surface area contributed by atoms with Gasteiger partial charge >= 0.3 is 0 Å². The molecule has 0 aromatic heterocycles. The van der Waals surface area contributed by atoms with E-state index >= 15 is 0 Å². The molecular formula is C21H24ClN3O2S2. The summed E-state index contributed by atoms with van der Waals surface area (Å²) in [4.78, 5) is 15.3. The summed E-state index contributed by atoms with van der Waals surface area (Å²) >= 11 is 13.0. The minimum absolute atomic E-state index is 0.131. The molecule has 154 valence electrons. The summed E-state index contributed by atoms with van der Waals surface area (Å²) in [6.45, 7) is 1.44. The summed E-state index contributed by atoms with van der Waals surface area (Å²) in [5, 5.41) is 7.69. The molecule has 0 atom stereocenters. The number of hydrogen-bond acceptors (Lipinski definition) is 4. The van der Waals surface area contributed by atoms with Crippen molar-refractivity contribution in [2.75, 3.05) is 36.2 Å². The molecule has 0 radical (unpaired) electrons. The van der Waals surface area contributed by atoms with E-state index < -0.39 is 0 Å². The molecule has 3 rings (SSSR count). The van der Waals surface area contributed by atoms with E-state index in [9.17, 15) is 4.79 Å². The summed E-state index contributed by atoms with van der Waals surface area (Å²) in [5.74, 6) is 1.69. The molecule has 29 heavy (non-hydrogen) atoms. The van der Waals surface area contributed by atoms with Gasteiger partial charge in [0.25, 0.3) is 0 Å². The van der Waals surface area contributed by atoms with Crippen molar-refractivity contribution in [3.8, 4) is 5.75 Å². The van der Waals surface area contributed by atoms with Crippen molar-refractivity contribution >= 4 is 58.0 Å². The van der Waals surface area contributed by atoms with Gasteiger partial charge in [-0.15, -0.1) is 11.8 Å². The molecule has 2 aromatic carbocycles. The van der Waals surface area contributed by atoms with Crippen molar-refractivity contribution in [2.24, 2.45) is 0 Å². The molecule has 1 saturated heterocycles. The predicted molar refractivity (Wildman–Crippen MR) is 126 cm³/mol. The van der Waals surface area contributed by atoms with Crippen LogP contribution in [0.2, 0.25) is 5.02 Å². The summed E-state index contributed by atoms with van der Waals surface area (Å²) in [5.41, 5.74) is 1.60. The first-order chi connectivity index (χ1) is 14.1. The molecule has 1 aliphatic heterocycles. The highest BCUT2D eigenvalue weighted by Crippen LogP contribution is 2.33. The number of nitrogens with one attached hydrogen (secondary N) is 2. The van der Waals surface area contributed by atoms with E-state index in [1.54, 1.807) is 23.8 Å². The van der Waals surface area contributed by atoms with Crippen molar-refractivity contribution < 1.29 is 9.53 Å². The molecule has 1 fully saturated rings. The van der Waals surface area contributed by atoms with E-state index in [1.165, 1.54) is 4.90 Å². The van der Waals surface area contributed by atoms with Crippen LogP contribution in [0.1, 0.15) is 19.3 Å². The van der Waals surface area contributed by atoms with Crippen LogP contribution in [-0.2, 0) is 4.79 Å². The molecule has 1 aliphatic rings. The van der Waals surface area contributed by atoms with E-state index in [4.69, 9.17) is 28.6 Å². The van der Waals surface area contributed by atoms with Crippen LogP contribution in [0.5, 0.6) is 5.75 Å². The molecule has 1 amide bonds. The average molecular weight is 450 g/mol. The first-order valence-corrected chi connectivity index (χ1v) is 11.3. The van der Waals surface area contributed by atoms with Crippen LogP contribution < -0.4 is 20.3 Å². The number of anilines is 2. The Hall–Kier alpha value is -1.96. The van der Waals surface area contributed by atoms with Crippen molar-refractivity contribution in [3.05, 3.63) is 47.5 Å². The Morgan fingerprint density at radius 2 is 2.03 bits per heavy atom. The lowest BCUT2D eigenvalue weighted by molar-refractivity contribution is -0.119. The molecule has 2 aromatic rings. The lowest BCUT2D eigenvalue weighted by Gasteiger charge is -2.28. The summed E-state index contributed by atoms with van der Waals surface area (Å²) in [6, 6.07) is 13.5. The fourth-order valence-corrected chi connectivity index (χ4v) is 4.19. The zero-order chi connectivity index (χ0) is 20.6. The second-order valence-electron chi connectivity index (χ2n) is 6.57. The largest absolute Gasteiger partial charge is 0.495 e. The molecule has 0 bridgehead atoms. The SMILES string of the molecule is COc1ccc(NC(=S)NCCSc2ccc(Cl)cc2)cc1N1CCCCC1=O. The smallest absolute Gasteiger partial charge is 0.227 e. The number of halogens is 1. The molecule has 1 heterocycles. The number of carbonyl (C=O) groups is 1. The number of amides is 1. The maximum Gasteiger partial charge on any atom is 0.227 e. The first kappa shape index (κ1) is 21.7. The summed E-state index contributed by atoms with van der Waals surface area (Å²) < 4.78 is 5.45.